The Labute approximate surface area is 590 Å². The normalized spacial score (nSPS) is 12.2. The molecule has 2 atom stereocenters. The second kappa shape index (κ2) is 75.1. The first-order valence-corrected chi connectivity index (χ1v) is 41.1. The van der Waals surface area contributed by atoms with Gasteiger partial charge in [-0.3, -0.25) is 28.8 Å². The number of ketones is 4. The Kier molecular flexibility index (Phi) is 76.3. The van der Waals surface area contributed by atoms with Crippen LogP contribution in [0.4, 0.5) is 0 Å². The summed E-state index contributed by atoms with van der Waals surface area (Å²) in [5.41, 5.74) is -4.94. The van der Waals surface area contributed by atoms with E-state index in [0.717, 1.165) is 77.0 Å². The van der Waals surface area contributed by atoms with Crippen molar-refractivity contribution in [3.8, 4) is 0 Å². The molecule has 0 aliphatic rings. The van der Waals surface area contributed by atoms with Crippen molar-refractivity contribution >= 4 is 35.1 Å². The average molecular weight is 1370 g/mol. The molecule has 0 aromatic heterocycles. The fraction of sp³-hybridized carbons (Fsp3) is 0.927. The van der Waals surface area contributed by atoms with Gasteiger partial charge < -0.3 is 40.9 Å². The van der Waals surface area contributed by atoms with Crippen LogP contribution in [0.15, 0.2) is 0 Å². The van der Waals surface area contributed by atoms with Gasteiger partial charge in [-0.15, -0.1) is 0 Å². The van der Waals surface area contributed by atoms with Crippen LogP contribution in [0.1, 0.15) is 451 Å². The van der Waals surface area contributed by atoms with Gasteiger partial charge in [0.2, 0.25) is 11.2 Å². The summed E-state index contributed by atoms with van der Waals surface area (Å²) >= 11 is 0. The van der Waals surface area contributed by atoms with Gasteiger partial charge >= 0.3 is 11.9 Å². The molecule has 96 heavy (non-hydrogen) atoms. The molecule has 0 radical (unpaired) electrons. The lowest BCUT2D eigenvalue weighted by Crippen LogP contribution is -2.57. The van der Waals surface area contributed by atoms with E-state index in [4.69, 9.17) is 10.2 Å². The van der Waals surface area contributed by atoms with Crippen LogP contribution in [0.2, 0.25) is 0 Å². The number of carboxylic acids is 2. The van der Waals surface area contributed by atoms with Gasteiger partial charge in [0.25, 0.3) is 0 Å². The fourth-order valence-corrected chi connectivity index (χ4v) is 12.9. The van der Waals surface area contributed by atoms with Crippen molar-refractivity contribution in [2.45, 2.75) is 475 Å². The first kappa shape index (κ1) is 97.6. The van der Waals surface area contributed by atoms with Gasteiger partial charge in [-0.2, -0.15) is 0 Å². The topological polar surface area (TPSA) is 264 Å². The third-order valence-corrected chi connectivity index (χ3v) is 19.6. The number of Topliss-reactive ketones (excluding diaryl/α,β-unsaturated/α-hetero) is 4. The van der Waals surface area contributed by atoms with Gasteiger partial charge in [0.15, 0.2) is 23.1 Å². The smallest absolute Gasteiger partial charge is 0.303 e. The molecule has 0 saturated heterocycles. The van der Waals surface area contributed by atoms with E-state index in [1.54, 1.807) is 0 Å². The van der Waals surface area contributed by atoms with Gasteiger partial charge in [-0.05, 0) is 25.7 Å². The van der Waals surface area contributed by atoms with E-state index >= 15 is 0 Å². The minimum Gasteiger partial charge on any atom is -0.481 e. The first-order valence-electron chi connectivity index (χ1n) is 41.1. The Bertz CT molecular complexity index is 1510. The zero-order valence-corrected chi connectivity index (χ0v) is 63.3. The minimum atomic E-state index is -2.47. The van der Waals surface area contributed by atoms with Crippen molar-refractivity contribution in [2.75, 3.05) is 13.2 Å². The SMILES string of the molecule is CCCCCCCCCCCCCCCCCC(=O)C(O)(C(=O)CCCCCCCCCCCCCCCCC)C(O)CO.CCCCCCCCCCCCCCCCCC(=O)C(O)(C(=O)CCCCCCCCCCCCCCCCC)C(O)CO.O=C(O)CCC(=O)O. The van der Waals surface area contributed by atoms with E-state index in [1.807, 2.05) is 0 Å². The number of aliphatic hydroxyl groups excluding tert-OH is 4. The third kappa shape index (κ3) is 61.3. The molecule has 0 fully saturated rings. The Morgan fingerprint density at radius 2 is 0.333 bits per heavy atom. The summed E-state index contributed by atoms with van der Waals surface area (Å²) in [6.07, 6.45) is 69.6. The number of carbonyl (C=O) groups excluding carboxylic acids is 4. The Morgan fingerprint density at radius 3 is 0.438 bits per heavy atom. The molecule has 0 heterocycles. The summed E-state index contributed by atoms with van der Waals surface area (Å²) < 4.78 is 0. The van der Waals surface area contributed by atoms with Crippen molar-refractivity contribution in [3.05, 3.63) is 0 Å². The van der Waals surface area contributed by atoms with Crippen LogP contribution in [-0.2, 0) is 28.8 Å². The molecule has 0 aliphatic heterocycles. The number of carbonyl (C=O) groups is 6. The molecule has 0 bridgehead atoms. The van der Waals surface area contributed by atoms with E-state index in [1.165, 1.54) is 283 Å². The second-order valence-electron chi connectivity index (χ2n) is 28.7. The standard InChI is InChI=1S/2C39H76O5.C4H6O4/c2*1-3-5-7-9-11-13-15-17-19-21-23-25-27-29-31-33-36(41)39(44,38(43)35-40)37(42)34-32-30-28-26-24-22-20-18-16-14-12-10-8-6-4-2;5-3(6)1-2-4(7)8/h2*38,40,43-44H,3-35H2,1-2H3;1-2H2,(H,5,6)(H,7,8). The molecule has 0 rings (SSSR count). The van der Waals surface area contributed by atoms with Crippen LogP contribution >= 0.6 is 0 Å². The lowest BCUT2D eigenvalue weighted by Gasteiger charge is -2.29. The molecule has 0 amide bonds. The van der Waals surface area contributed by atoms with Crippen LogP contribution in [0.5, 0.6) is 0 Å². The molecule has 0 saturated carbocycles. The molecule has 0 aliphatic carbocycles. The Morgan fingerprint density at radius 1 is 0.219 bits per heavy atom. The van der Waals surface area contributed by atoms with Crippen molar-refractivity contribution < 1.29 is 69.6 Å². The molecule has 0 spiro atoms. The zero-order chi connectivity index (χ0) is 71.7. The Hall–Kier alpha value is -2.62. The van der Waals surface area contributed by atoms with Crippen LogP contribution in [0, 0.1) is 0 Å². The molecule has 2 unspecified atom stereocenters. The summed E-state index contributed by atoms with van der Waals surface area (Å²) in [6, 6.07) is 0. The molecule has 0 aromatic carbocycles. The van der Waals surface area contributed by atoms with E-state index in [9.17, 15) is 59.4 Å². The highest BCUT2D eigenvalue weighted by Crippen LogP contribution is 2.26. The van der Waals surface area contributed by atoms with Crippen molar-refractivity contribution in [2.24, 2.45) is 0 Å². The van der Waals surface area contributed by atoms with E-state index in [0.29, 0.717) is 25.7 Å². The maximum absolute atomic E-state index is 12.9. The fourth-order valence-electron chi connectivity index (χ4n) is 12.9. The van der Waals surface area contributed by atoms with E-state index in [2.05, 4.69) is 27.7 Å². The largest absolute Gasteiger partial charge is 0.481 e. The summed E-state index contributed by atoms with van der Waals surface area (Å²) in [5.74, 6) is -4.71. The average Bonchev–Trinajstić information content (AvgIpc) is 0.827. The van der Waals surface area contributed by atoms with Crippen molar-refractivity contribution in [3.63, 3.8) is 0 Å². The van der Waals surface area contributed by atoms with Gasteiger partial charge in [0, 0.05) is 25.7 Å². The highest BCUT2D eigenvalue weighted by atomic mass is 16.4. The number of hydrogen-bond acceptors (Lipinski definition) is 12. The predicted octanol–water partition coefficient (Wildman–Crippen LogP) is 21.4. The van der Waals surface area contributed by atoms with Crippen LogP contribution in [0.3, 0.4) is 0 Å². The van der Waals surface area contributed by atoms with Crippen LogP contribution in [-0.4, -0.2) is 113 Å². The molecule has 0 aromatic rings. The predicted molar refractivity (Wildman–Crippen MR) is 399 cm³/mol. The molecule has 14 nitrogen and oxygen atoms in total. The highest BCUT2D eigenvalue weighted by Gasteiger charge is 2.49. The molecule has 14 heteroatoms. The number of hydrogen-bond donors (Lipinski definition) is 8. The van der Waals surface area contributed by atoms with Crippen molar-refractivity contribution in [1.82, 2.24) is 0 Å². The number of carboxylic acid groups (broad SMARTS) is 2. The van der Waals surface area contributed by atoms with Gasteiger partial charge in [0.1, 0.15) is 12.2 Å². The maximum Gasteiger partial charge on any atom is 0.303 e. The number of unbranched alkanes of at least 4 members (excludes halogenated alkanes) is 56. The summed E-state index contributed by atoms with van der Waals surface area (Å²) in [5, 5.41) is 77.1. The van der Waals surface area contributed by atoms with Gasteiger partial charge in [0.05, 0.1) is 26.1 Å². The van der Waals surface area contributed by atoms with Gasteiger partial charge in [-0.25, -0.2) is 0 Å². The Balaban J connectivity index is -0.00000161. The van der Waals surface area contributed by atoms with E-state index in [-0.39, 0.29) is 38.5 Å². The number of aliphatic carboxylic acids is 2. The third-order valence-electron chi connectivity index (χ3n) is 19.6. The first-order chi connectivity index (χ1) is 46.5. The quantitative estimate of drug-likeness (QED) is 0.0208. The minimum absolute atomic E-state index is 0.0659. The number of rotatable bonds is 75. The molecule has 570 valence electrons. The molecule has 8 N–H and O–H groups in total. The lowest BCUT2D eigenvalue weighted by atomic mass is 9.82. The van der Waals surface area contributed by atoms with E-state index < -0.39 is 71.7 Å². The van der Waals surface area contributed by atoms with Crippen LogP contribution < -0.4 is 0 Å². The highest BCUT2D eigenvalue weighted by molar-refractivity contribution is 6.11. The molecular weight excluding hydrogens is 1210 g/mol. The van der Waals surface area contributed by atoms with Crippen LogP contribution in [0.25, 0.3) is 0 Å². The second-order valence-corrected chi connectivity index (χ2v) is 28.7. The summed E-state index contributed by atoms with van der Waals surface area (Å²) in [7, 11) is 0. The zero-order valence-electron chi connectivity index (χ0n) is 63.3. The molecular formula is C82H158O14. The van der Waals surface area contributed by atoms with Crippen molar-refractivity contribution in [1.29, 1.82) is 0 Å². The van der Waals surface area contributed by atoms with Gasteiger partial charge in [-0.1, -0.05) is 387 Å². The summed E-state index contributed by atoms with van der Waals surface area (Å²) in [4.78, 5) is 70.7. The summed E-state index contributed by atoms with van der Waals surface area (Å²) in [6.45, 7) is 7.44. The monoisotopic (exact) mass is 1370 g/mol. The maximum atomic E-state index is 12.9. The lowest BCUT2D eigenvalue weighted by molar-refractivity contribution is -0.167. The number of aliphatic hydroxyl groups is 6.